The first-order valence-corrected chi connectivity index (χ1v) is 7.97. The van der Waals surface area contributed by atoms with Crippen molar-refractivity contribution in [2.75, 3.05) is 24.1 Å². The second-order valence-electron chi connectivity index (χ2n) is 4.86. The lowest BCUT2D eigenvalue weighted by Crippen LogP contribution is -2.32. The Morgan fingerprint density at radius 1 is 1.48 bits per heavy atom. The van der Waals surface area contributed by atoms with Gasteiger partial charge in [-0.05, 0) is 24.6 Å². The van der Waals surface area contributed by atoms with Gasteiger partial charge in [0.05, 0.1) is 17.5 Å². The summed E-state index contributed by atoms with van der Waals surface area (Å²) < 4.78 is 38.1. The van der Waals surface area contributed by atoms with Crippen LogP contribution in [0.1, 0.15) is 16.8 Å². The third-order valence-corrected chi connectivity index (χ3v) is 3.61. The third kappa shape index (κ3) is 4.55. The van der Waals surface area contributed by atoms with Gasteiger partial charge in [0.15, 0.2) is 0 Å². The molecule has 1 aliphatic heterocycles. The average Bonchev–Trinajstić information content (AvgIpc) is 2.76. The number of hydrogen-bond acceptors (Lipinski definition) is 4. The van der Waals surface area contributed by atoms with E-state index in [1.807, 2.05) is 0 Å². The summed E-state index contributed by atoms with van der Waals surface area (Å²) in [5.41, 5.74) is 5.79. The minimum absolute atomic E-state index is 0. The number of halogens is 2. The standard InChI is InChI=1S/C12H16FN3O3S.ClH/c1-20(18,19)15-11-3-2-8(13)6-10(11)12(17)16-5-4-9(14)7-16;/h2-3,6,9,15H,4-5,7,14H2,1H3;1H/t9-;/m1./s1. The van der Waals surface area contributed by atoms with E-state index in [2.05, 4.69) is 4.72 Å². The SMILES string of the molecule is CS(=O)(=O)Nc1ccc(F)cc1C(=O)N1CC[C@@H](N)C1.Cl. The summed E-state index contributed by atoms with van der Waals surface area (Å²) in [7, 11) is -3.55. The molecule has 0 bridgehead atoms. The quantitative estimate of drug-likeness (QED) is 0.853. The lowest BCUT2D eigenvalue weighted by Gasteiger charge is -2.18. The fraction of sp³-hybridized carbons (Fsp3) is 0.417. The smallest absolute Gasteiger partial charge is 0.256 e. The summed E-state index contributed by atoms with van der Waals surface area (Å²) in [6.45, 7) is 0.864. The monoisotopic (exact) mass is 337 g/mol. The van der Waals surface area contributed by atoms with Crippen molar-refractivity contribution in [3.8, 4) is 0 Å². The van der Waals surface area contributed by atoms with Crippen LogP contribution in [0.25, 0.3) is 0 Å². The summed E-state index contributed by atoms with van der Waals surface area (Å²) in [4.78, 5) is 13.8. The van der Waals surface area contributed by atoms with Gasteiger partial charge in [-0.2, -0.15) is 0 Å². The Bertz CT molecular complexity index is 639. The van der Waals surface area contributed by atoms with Crippen LogP contribution in [0.15, 0.2) is 18.2 Å². The maximum Gasteiger partial charge on any atom is 0.256 e. The third-order valence-electron chi connectivity index (χ3n) is 3.02. The minimum atomic E-state index is -3.55. The van der Waals surface area contributed by atoms with Crippen molar-refractivity contribution in [2.45, 2.75) is 12.5 Å². The number of likely N-dealkylation sites (tertiary alicyclic amines) is 1. The van der Waals surface area contributed by atoms with E-state index in [4.69, 9.17) is 5.73 Å². The normalized spacial score (nSPS) is 18.2. The van der Waals surface area contributed by atoms with Crippen LogP contribution >= 0.6 is 12.4 Å². The number of sulfonamides is 1. The number of anilines is 1. The van der Waals surface area contributed by atoms with E-state index >= 15 is 0 Å². The van der Waals surface area contributed by atoms with Gasteiger partial charge in [0.2, 0.25) is 10.0 Å². The van der Waals surface area contributed by atoms with Crippen molar-refractivity contribution in [3.05, 3.63) is 29.6 Å². The molecule has 3 N–H and O–H groups in total. The van der Waals surface area contributed by atoms with Crippen LogP contribution in [0, 0.1) is 5.82 Å². The zero-order valence-corrected chi connectivity index (χ0v) is 13.0. The fourth-order valence-electron chi connectivity index (χ4n) is 2.12. The molecule has 0 unspecified atom stereocenters. The lowest BCUT2D eigenvalue weighted by atomic mass is 10.1. The van der Waals surface area contributed by atoms with Crippen molar-refractivity contribution in [3.63, 3.8) is 0 Å². The fourth-order valence-corrected chi connectivity index (χ4v) is 2.70. The summed E-state index contributed by atoms with van der Waals surface area (Å²) in [5.74, 6) is -1.03. The molecule has 1 atom stereocenters. The van der Waals surface area contributed by atoms with E-state index < -0.39 is 21.7 Å². The Kier molecular flexibility index (Phi) is 5.54. The molecule has 1 fully saturated rings. The van der Waals surface area contributed by atoms with Gasteiger partial charge >= 0.3 is 0 Å². The molecule has 1 saturated heterocycles. The van der Waals surface area contributed by atoms with Crippen molar-refractivity contribution < 1.29 is 17.6 Å². The summed E-state index contributed by atoms with van der Waals surface area (Å²) in [6, 6.07) is 3.26. The van der Waals surface area contributed by atoms with E-state index in [0.717, 1.165) is 18.4 Å². The molecule has 9 heteroatoms. The first-order valence-electron chi connectivity index (χ1n) is 6.08. The number of carbonyl (C=O) groups is 1. The molecule has 1 amide bonds. The molecule has 2 rings (SSSR count). The van der Waals surface area contributed by atoms with E-state index in [9.17, 15) is 17.6 Å². The predicted octanol–water partition coefficient (Wildman–Crippen LogP) is 0.792. The van der Waals surface area contributed by atoms with Gasteiger partial charge in [-0.3, -0.25) is 9.52 Å². The molecule has 1 aromatic rings. The Morgan fingerprint density at radius 3 is 2.67 bits per heavy atom. The van der Waals surface area contributed by atoms with Crippen molar-refractivity contribution >= 4 is 34.0 Å². The molecule has 0 spiro atoms. The molecule has 21 heavy (non-hydrogen) atoms. The van der Waals surface area contributed by atoms with Gasteiger partial charge in [0, 0.05) is 19.1 Å². The molecule has 0 radical (unpaired) electrons. The highest BCUT2D eigenvalue weighted by Crippen LogP contribution is 2.22. The summed E-state index contributed by atoms with van der Waals surface area (Å²) in [6.07, 6.45) is 1.65. The number of rotatable bonds is 3. The van der Waals surface area contributed by atoms with E-state index in [-0.39, 0.29) is 29.7 Å². The number of amides is 1. The van der Waals surface area contributed by atoms with Gasteiger partial charge in [0.25, 0.3) is 5.91 Å². The number of nitrogens with two attached hydrogens (primary N) is 1. The van der Waals surface area contributed by atoms with Gasteiger partial charge < -0.3 is 10.6 Å². The van der Waals surface area contributed by atoms with Gasteiger partial charge in [-0.25, -0.2) is 12.8 Å². The highest BCUT2D eigenvalue weighted by molar-refractivity contribution is 7.92. The molecule has 6 nitrogen and oxygen atoms in total. The Morgan fingerprint density at radius 2 is 2.14 bits per heavy atom. The van der Waals surface area contributed by atoms with Crippen molar-refractivity contribution in [1.29, 1.82) is 0 Å². The number of nitrogens with zero attached hydrogens (tertiary/aromatic N) is 1. The second kappa shape index (κ2) is 6.59. The Balaban J connectivity index is 0.00000220. The van der Waals surface area contributed by atoms with Crippen LogP contribution in [0.3, 0.4) is 0 Å². The highest BCUT2D eigenvalue weighted by Gasteiger charge is 2.26. The van der Waals surface area contributed by atoms with Gasteiger partial charge in [0.1, 0.15) is 5.82 Å². The number of benzene rings is 1. The zero-order valence-electron chi connectivity index (χ0n) is 11.4. The van der Waals surface area contributed by atoms with Gasteiger partial charge in [-0.15, -0.1) is 12.4 Å². The topological polar surface area (TPSA) is 92.5 Å². The average molecular weight is 338 g/mol. The molecular weight excluding hydrogens is 321 g/mol. The molecule has 118 valence electrons. The van der Waals surface area contributed by atoms with Crippen LogP contribution in [0.5, 0.6) is 0 Å². The number of carbonyl (C=O) groups excluding carboxylic acids is 1. The molecule has 0 saturated carbocycles. The summed E-state index contributed by atoms with van der Waals surface area (Å²) >= 11 is 0. The second-order valence-corrected chi connectivity index (χ2v) is 6.61. The molecule has 0 aromatic heterocycles. The molecule has 1 aromatic carbocycles. The molecule has 1 heterocycles. The minimum Gasteiger partial charge on any atom is -0.337 e. The van der Waals surface area contributed by atoms with Crippen LogP contribution in [-0.4, -0.2) is 44.6 Å². The Hall–Kier alpha value is -1.38. The van der Waals surface area contributed by atoms with Crippen molar-refractivity contribution in [2.24, 2.45) is 5.73 Å². The Labute approximate surface area is 129 Å². The van der Waals surface area contributed by atoms with Crippen molar-refractivity contribution in [1.82, 2.24) is 4.90 Å². The first kappa shape index (κ1) is 17.7. The predicted molar refractivity (Wildman–Crippen MR) is 80.6 cm³/mol. The van der Waals surface area contributed by atoms with E-state index in [1.165, 1.54) is 11.0 Å². The lowest BCUT2D eigenvalue weighted by molar-refractivity contribution is 0.0791. The van der Waals surface area contributed by atoms with Crippen LogP contribution in [-0.2, 0) is 10.0 Å². The van der Waals surface area contributed by atoms with Crippen LogP contribution in [0.2, 0.25) is 0 Å². The highest BCUT2D eigenvalue weighted by atomic mass is 35.5. The zero-order chi connectivity index (χ0) is 14.9. The van der Waals surface area contributed by atoms with E-state index in [0.29, 0.717) is 19.5 Å². The van der Waals surface area contributed by atoms with E-state index in [1.54, 1.807) is 0 Å². The molecular formula is C12H17ClFN3O3S. The van der Waals surface area contributed by atoms with Gasteiger partial charge in [-0.1, -0.05) is 0 Å². The first-order chi connectivity index (χ1) is 9.26. The number of hydrogen-bond donors (Lipinski definition) is 2. The maximum absolute atomic E-state index is 13.3. The maximum atomic E-state index is 13.3. The molecule has 1 aliphatic rings. The van der Waals surface area contributed by atoms with Crippen LogP contribution in [0.4, 0.5) is 10.1 Å². The number of nitrogens with one attached hydrogen (secondary N) is 1. The molecule has 0 aliphatic carbocycles. The largest absolute Gasteiger partial charge is 0.337 e. The summed E-state index contributed by atoms with van der Waals surface area (Å²) in [5, 5.41) is 0. The van der Waals surface area contributed by atoms with Crippen LogP contribution < -0.4 is 10.5 Å².